The minimum Gasteiger partial charge on any atom is -0.307 e. The molecule has 0 aromatic heterocycles. The van der Waals surface area contributed by atoms with Gasteiger partial charge in [0, 0.05) is 12.1 Å². The number of hydrogen-bond acceptors (Lipinski definition) is 1. The Balaban J connectivity index is 1.69. The molecule has 3 aliphatic rings. The zero-order valence-electron chi connectivity index (χ0n) is 10.3. The summed E-state index contributed by atoms with van der Waals surface area (Å²) in [6.07, 6.45) is 10.4. The van der Waals surface area contributed by atoms with Crippen LogP contribution in [0.3, 0.4) is 0 Å². The van der Waals surface area contributed by atoms with Crippen molar-refractivity contribution < 1.29 is 0 Å². The van der Waals surface area contributed by atoms with Crippen LogP contribution < -0.4 is 5.32 Å². The van der Waals surface area contributed by atoms with Crippen LogP contribution in [-0.4, -0.2) is 12.1 Å². The van der Waals surface area contributed by atoms with Crippen molar-refractivity contribution in [3.63, 3.8) is 0 Å². The summed E-state index contributed by atoms with van der Waals surface area (Å²) in [5.41, 5.74) is 1.33. The molecule has 15 heavy (non-hydrogen) atoms. The lowest BCUT2D eigenvalue weighted by molar-refractivity contribution is 0.401. The zero-order chi connectivity index (χ0) is 10.5. The third kappa shape index (κ3) is 1.32. The van der Waals surface area contributed by atoms with Crippen LogP contribution in [0.25, 0.3) is 0 Å². The fourth-order valence-electron chi connectivity index (χ4n) is 4.45. The second-order valence-electron chi connectivity index (χ2n) is 6.39. The highest BCUT2D eigenvalue weighted by Gasteiger charge is 2.78. The SMILES string of the molecule is CCC1CCCCC2(C)C(CC1)C21CN1. The zero-order valence-corrected chi connectivity index (χ0v) is 10.3. The fourth-order valence-corrected chi connectivity index (χ4v) is 4.45. The lowest BCUT2D eigenvalue weighted by Gasteiger charge is -2.13. The number of fused-ring (bicyclic) bond motifs is 3. The molecule has 0 aromatic carbocycles. The first-order valence-corrected chi connectivity index (χ1v) is 6.98. The number of hydrogen-bond donors (Lipinski definition) is 1. The molecule has 4 atom stereocenters. The molecule has 1 N–H and O–H groups in total. The van der Waals surface area contributed by atoms with Gasteiger partial charge in [-0.1, -0.05) is 46.0 Å². The van der Waals surface area contributed by atoms with Gasteiger partial charge in [-0.15, -0.1) is 0 Å². The molecule has 86 valence electrons. The Morgan fingerprint density at radius 3 is 2.67 bits per heavy atom. The summed E-state index contributed by atoms with van der Waals surface area (Å²) in [5, 5.41) is 3.68. The van der Waals surface area contributed by atoms with E-state index in [2.05, 4.69) is 19.2 Å². The Bertz CT molecular complexity index is 256. The standard InChI is InChI=1S/C14H25N/c1-3-11-6-4-5-9-13(2)12(8-7-11)14(13)10-15-14/h11-12,15H,3-10H2,1-2H3. The van der Waals surface area contributed by atoms with Crippen molar-refractivity contribution in [2.75, 3.05) is 6.54 Å². The molecule has 0 bridgehead atoms. The normalized spacial score (nSPS) is 54.0. The molecule has 1 nitrogen and oxygen atoms in total. The Kier molecular flexibility index (Phi) is 2.18. The third-order valence-corrected chi connectivity index (χ3v) is 5.86. The predicted molar refractivity (Wildman–Crippen MR) is 63.8 cm³/mol. The molecule has 4 unspecified atom stereocenters. The Morgan fingerprint density at radius 2 is 2.00 bits per heavy atom. The average molecular weight is 207 g/mol. The van der Waals surface area contributed by atoms with Crippen molar-refractivity contribution in [2.45, 2.75) is 64.3 Å². The van der Waals surface area contributed by atoms with E-state index in [-0.39, 0.29) is 0 Å². The highest BCUT2D eigenvalue weighted by atomic mass is 15.3. The minimum atomic E-state index is 0.641. The van der Waals surface area contributed by atoms with Crippen molar-refractivity contribution >= 4 is 0 Å². The van der Waals surface area contributed by atoms with Gasteiger partial charge in [0.15, 0.2) is 0 Å². The van der Waals surface area contributed by atoms with Crippen molar-refractivity contribution in [2.24, 2.45) is 17.3 Å². The van der Waals surface area contributed by atoms with E-state index in [0.717, 1.165) is 11.8 Å². The summed E-state index contributed by atoms with van der Waals surface area (Å²) in [5.74, 6) is 2.06. The van der Waals surface area contributed by atoms with Gasteiger partial charge < -0.3 is 5.32 Å². The molecule has 1 saturated heterocycles. The van der Waals surface area contributed by atoms with E-state index in [0.29, 0.717) is 11.0 Å². The summed E-state index contributed by atoms with van der Waals surface area (Å²) in [6.45, 7) is 6.24. The maximum Gasteiger partial charge on any atom is 0.0398 e. The van der Waals surface area contributed by atoms with Crippen LogP contribution in [0, 0.1) is 17.3 Å². The molecule has 2 saturated carbocycles. The lowest BCUT2D eigenvalue weighted by Crippen LogP contribution is -2.06. The van der Waals surface area contributed by atoms with Gasteiger partial charge in [-0.05, 0) is 30.1 Å². The maximum absolute atomic E-state index is 3.68. The van der Waals surface area contributed by atoms with Crippen LogP contribution in [0.2, 0.25) is 0 Å². The van der Waals surface area contributed by atoms with Gasteiger partial charge in [0.1, 0.15) is 0 Å². The molecule has 2 aliphatic carbocycles. The van der Waals surface area contributed by atoms with Crippen LogP contribution in [0.1, 0.15) is 58.8 Å². The van der Waals surface area contributed by atoms with E-state index in [4.69, 9.17) is 0 Å². The predicted octanol–water partition coefficient (Wildman–Crippen LogP) is 3.34. The maximum atomic E-state index is 3.68. The first kappa shape index (κ1) is 10.1. The van der Waals surface area contributed by atoms with Crippen molar-refractivity contribution in [3.8, 4) is 0 Å². The molecule has 1 spiro atoms. The van der Waals surface area contributed by atoms with E-state index in [1.54, 1.807) is 0 Å². The quantitative estimate of drug-likeness (QED) is 0.654. The second-order valence-corrected chi connectivity index (χ2v) is 6.39. The monoisotopic (exact) mass is 207 g/mol. The molecular weight excluding hydrogens is 182 g/mol. The molecule has 3 rings (SSSR count). The van der Waals surface area contributed by atoms with E-state index in [1.165, 1.54) is 51.5 Å². The molecule has 0 radical (unpaired) electrons. The van der Waals surface area contributed by atoms with Crippen molar-refractivity contribution in [3.05, 3.63) is 0 Å². The second kappa shape index (κ2) is 3.23. The summed E-state index contributed by atoms with van der Waals surface area (Å²) >= 11 is 0. The van der Waals surface area contributed by atoms with E-state index < -0.39 is 0 Å². The van der Waals surface area contributed by atoms with Gasteiger partial charge in [0.2, 0.25) is 0 Å². The summed E-state index contributed by atoms with van der Waals surface area (Å²) in [4.78, 5) is 0. The van der Waals surface area contributed by atoms with E-state index >= 15 is 0 Å². The van der Waals surface area contributed by atoms with Crippen LogP contribution in [-0.2, 0) is 0 Å². The molecule has 1 heterocycles. The van der Waals surface area contributed by atoms with Gasteiger partial charge in [-0.2, -0.15) is 0 Å². The van der Waals surface area contributed by atoms with Crippen LogP contribution >= 0.6 is 0 Å². The van der Waals surface area contributed by atoms with Crippen molar-refractivity contribution in [1.29, 1.82) is 0 Å². The molecule has 1 aliphatic heterocycles. The van der Waals surface area contributed by atoms with Gasteiger partial charge in [-0.3, -0.25) is 0 Å². The van der Waals surface area contributed by atoms with Crippen molar-refractivity contribution in [1.82, 2.24) is 5.32 Å². The third-order valence-electron chi connectivity index (χ3n) is 5.86. The largest absolute Gasteiger partial charge is 0.307 e. The minimum absolute atomic E-state index is 0.641. The summed E-state index contributed by atoms with van der Waals surface area (Å²) in [6, 6.07) is 0. The number of rotatable bonds is 1. The smallest absolute Gasteiger partial charge is 0.0398 e. The molecule has 1 heteroatoms. The lowest BCUT2D eigenvalue weighted by atomic mass is 9.93. The first-order valence-electron chi connectivity index (χ1n) is 6.98. The Morgan fingerprint density at radius 1 is 1.20 bits per heavy atom. The van der Waals surface area contributed by atoms with Gasteiger partial charge >= 0.3 is 0 Å². The van der Waals surface area contributed by atoms with Gasteiger partial charge in [-0.25, -0.2) is 0 Å². The highest BCUT2D eigenvalue weighted by Crippen LogP contribution is 2.71. The number of nitrogens with one attached hydrogen (secondary N) is 1. The van der Waals surface area contributed by atoms with Gasteiger partial charge in [0.05, 0.1) is 0 Å². The topological polar surface area (TPSA) is 21.9 Å². The summed E-state index contributed by atoms with van der Waals surface area (Å²) in [7, 11) is 0. The Hall–Kier alpha value is -0.0400. The highest BCUT2D eigenvalue weighted by molar-refractivity contribution is 5.34. The van der Waals surface area contributed by atoms with Crippen LogP contribution in [0.15, 0.2) is 0 Å². The van der Waals surface area contributed by atoms with Crippen LogP contribution in [0.4, 0.5) is 0 Å². The van der Waals surface area contributed by atoms with E-state index in [1.807, 2.05) is 0 Å². The average Bonchev–Trinajstić information content (AvgIpc) is 3.10. The molecule has 0 aromatic rings. The van der Waals surface area contributed by atoms with E-state index in [9.17, 15) is 0 Å². The summed E-state index contributed by atoms with van der Waals surface area (Å²) < 4.78 is 0. The first-order chi connectivity index (χ1) is 7.23. The molecule has 3 fully saturated rings. The van der Waals surface area contributed by atoms with Crippen LogP contribution in [0.5, 0.6) is 0 Å². The van der Waals surface area contributed by atoms with Gasteiger partial charge in [0.25, 0.3) is 0 Å². The molecule has 0 amide bonds. The molecular formula is C14H25N. The Labute approximate surface area is 94.0 Å². The fraction of sp³-hybridized carbons (Fsp3) is 1.00.